The predicted molar refractivity (Wildman–Crippen MR) is 191 cm³/mol. The first-order chi connectivity index (χ1) is 26.4. The van der Waals surface area contributed by atoms with Crippen molar-refractivity contribution in [2.45, 2.75) is 12.4 Å². The number of alkyl halides is 6. The minimum atomic E-state index is -4.77. The van der Waals surface area contributed by atoms with Crippen LogP contribution in [0.1, 0.15) is 33.6 Å². The van der Waals surface area contributed by atoms with Crippen LogP contribution in [0.2, 0.25) is 0 Å². The normalized spacial score (nSPS) is 10.8. The molecule has 1 heterocycles. The van der Waals surface area contributed by atoms with Gasteiger partial charge in [-0.1, -0.05) is 17.9 Å². The minimum Gasteiger partial charge on any atom is -0.308 e. The number of urea groups is 2. The smallest absolute Gasteiger partial charge is 0.308 e. The number of rotatable bonds is 6. The van der Waals surface area contributed by atoms with Gasteiger partial charge in [0.25, 0.3) is 11.4 Å². The second kappa shape index (κ2) is 16.4. The molecular formula is C37H21F6N7O6. The van der Waals surface area contributed by atoms with Gasteiger partial charge in [0, 0.05) is 46.8 Å². The molecule has 0 spiro atoms. The van der Waals surface area contributed by atoms with E-state index in [1.165, 1.54) is 42.5 Å². The van der Waals surface area contributed by atoms with E-state index in [1.54, 1.807) is 0 Å². The molecule has 4 N–H and O–H groups in total. The van der Waals surface area contributed by atoms with Crippen molar-refractivity contribution in [3.63, 3.8) is 0 Å². The number of benzene rings is 4. The van der Waals surface area contributed by atoms with Crippen LogP contribution in [-0.2, 0) is 12.4 Å². The predicted octanol–water partition coefficient (Wildman–Crippen LogP) is 9.02. The highest BCUT2D eigenvalue weighted by Gasteiger charge is 2.32. The highest BCUT2D eigenvalue weighted by molar-refractivity contribution is 6.01. The quantitative estimate of drug-likeness (QED) is 0.0575. The van der Waals surface area contributed by atoms with Gasteiger partial charge >= 0.3 is 24.4 Å². The molecule has 0 bridgehead atoms. The molecule has 0 radical (unpaired) electrons. The summed E-state index contributed by atoms with van der Waals surface area (Å²) in [5, 5.41) is 31.1. The summed E-state index contributed by atoms with van der Waals surface area (Å²) in [6, 6.07) is 16.7. The molecule has 0 saturated carbocycles. The molecule has 56 heavy (non-hydrogen) atoms. The van der Waals surface area contributed by atoms with Crippen LogP contribution in [-0.4, -0.2) is 26.9 Å². The third-order valence-electron chi connectivity index (χ3n) is 7.26. The Morgan fingerprint density at radius 2 is 0.911 bits per heavy atom. The van der Waals surface area contributed by atoms with Crippen LogP contribution in [0, 0.1) is 43.9 Å². The Bertz CT molecular complexity index is 2300. The Hall–Kier alpha value is -7.93. The number of nitrogens with one attached hydrogen (secondary N) is 4. The zero-order chi connectivity index (χ0) is 40.6. The van der Waals surface area contributed by atoms with E-state index in [1.807, 2.05) is 0 Å². The topological polar surface area (TPSA) is 181 Å². The van der Waals surface area contributed by atoms with E-state index >= 15 is 0 Å². The van der Waals surface area contributed by atoms with E-state index in [0.29, 0.717) is 12.1 Å². The number of aromatic nitrogens is 1. The number of halogens is 6. The van der Waals surface area contributed by atoms with E-state index < -0.39 is 45.4 Å². The molecule has 4 amide bonds. The van der Waals surface area contributed by atoms with Gasteiger partial charge in [-0.15, -0.1) is 0 Å². The maximum absolute atomic E-state index is 13.5. The number of carbonyl (C=O) groups is 2. The molecule has 0 aliphatic heterocycles. The van der Waals surface area contributed by atoms with Crippen molar-refractivity contribution in [2.24, 2.45) is 0 Å². The molecule has 0 aliphatic rings. The van der Waals surface area contributed by atoms with Crippen LogP contribution in [0.4, 0.5) is 70.1 Å². The Kier molecular flexibility index (Phi) is 11.5. The van der Waals surface area contributed by atoms with Crippen molar-refractivity contribution >= 4 is 46.2 Å². The van der Waals surface area contributed by atoms with Crippen LogP contribution in [0.15, 0.2) is 103 Å². The summed E-state index contributed by atoms with van der Waals surface area (Å²) in [4.78, 5) is 50.0. The zero-order valence-electron chi connectivity index (χ0n) is 27.9. The molecule has 19 heteroatoms. The fourth-order valence-corrected chi connectivity index (χ4v) is 4.60. The summed E-state index contributed by atoms with van der Waals surface area (Å²) < 4.78 is 81.1. The molecule has 1 aromatic heterocycles. The summed E-state index contributed by atoms with van der Waals surface area (Å²) in [6.07, 6.45) is -9.55. The molecule has 282 valence electrons. The van der Waals surface area contributed by atoms with Crippen molar-refractivity contribution < 1.29 is 45.8 Å². The van der Waals surface area contributed by atoms with Gasteiger partial charge in [0.1, 0.15) is 11.4 Å². The highest BCUT2D eigenvalue weighted by Crippen LogP contribution is 2.33. The number of amides is 4. The number of pyridine rings is 1. The molecule has 0 atom stereocenters. The summed E-state index contributed by atoms with van der Waals surface area (Å²) in [5.74, 6) is 10.6. The monoisotopic (exact) mass is 773 g/mol. The van der Waals surface area contributed by atoms with Gasteiger partial charge in [0.2, 0.25) is 0 Å². The van der Waals surface area contributed by atoms with Crippen molar-refractivity contribution in [1.82, 2.24) is 4.98 Å². The lowest BCUT2D eigenvalue weighted by Gasteiger charge is -2.13. The fourth-order valence-electron chi connectivity index (χ4n) is 4.60. The van der Waals surface area contributed by atoms with Crippen LogP contribution in [0.5, 0.6) is 0 Å². The standard InChI is InChI=1S/C37H21F6N7O6/c38-36(39,40)24-8-4-22(32(20-24)47-34(51)45-28-12-16-30(17-13-28)49(53)54)6-10-26-2-1-3-27(44-26)11-7-23-5-9-25(37(41,42)43)21-33(23)48-35(52)46-29-14-18-31(19-15-29)50(55)56/h1-5,8-9,12-21H,(H2,45,47,51)(H2,46,48,52). The van der Waals surface area contributed by atoms with Crippen LogP contribution in [0.25, 0.3) is 0 Å². The summed E-state index contributed by atoms with van der Waals surface area (Å²) in [7, 11) is 0. The van der Waals surface area contributed by atoms with Crippen molar-refractivity contribution in [3.8, 4) is 23.7 Å². The second-order valence-electron chi connectivity index (χ2n) is 11.2. The number of nitrogens with zero attached hydrogens (tertiary/aromatic N) is 3. The van der Waals surface area contributed by atoms with E-state index in [4.69, 9.17) is 0 Å². The first kappa shape index (κ1) is 39.3. The van der Waals surface area contributed by atoms with Gasteiger partial charge in [-0.2, -0.15) is 26.3 Å². The summed E-state index contributed by atoms with van der Waals surface area (Å²) in [6.45, 7) is 0. The number of nitro groups is 2. The van der Waals surface area contributed by atoms with Crippen LogP contribution >= 0.6 is 0 Å². The van der Waals surface area contributed by atoms with E-state index in [9.17, 15) is 56.2 Å². The number of hydrogen-bond acceptors (Lipinski definition) is 7. The van der Waals surface area contributed by atoms with Gasteiger partial charge in [0.15, 0.2) is 0 Å². The average Bonchev–Trinajstić information content (AvgIpc) is 3.13. The molecule has 5 rings (SSSR count). The van der Waals surface area contributed by atoms with Crippen LogP contribution in [0.3, 0.4) is 0 Å². The number of nitro benzene ring substituents is 2. The fraction of sp³-hybridized carbons (Fsp3) is 0.0541. The lowest BCUT2D eigenvalue weighted by molar-refractivity contribution is -0.385. The highest BCUT2D eigenvalue weighted by atomic mass is 19.4. The van der Waals surface area contributed by atoms with E-state index in [-0.39, 0.29) is 56.6 Å². The molecule has 5 aromatic rings. The van der Waals surface area contributed by atoms with E-state index in [0.717, 1.165) is 48.5 Å². The lowest BCUT2D eigenvalue weighted by atomic mass is 10.1. The summed E-state index contributed by atoms with van der Waals surface area (Å²) >= 11 is 0. The Morgan fingerprint density at radius 1 is 0.536 bits per heavy atom. The summed E-state index contributed by atoms with van der Waals surface area (Å²) in [5.41, 5.74) is -3.11. The molecule has 4 aromatic carbocycles. The maximum Gasteiger partial charge on any atom is 0.416 e. The third kappa shape index (κ3) is 10.6. The molecule has 13 nitrogen and oxygen atoms in total. The number of hydrogen-bond donors (Lipinski definition) is 4. The van der Waals surface area contributed by atoms with Gasteiger partial charge in [-0.05, 0) is 84.6 Å². The largest absolute Gasteiger partial charge is 0.416 e. The first-order valence-electron chi connectivity index (χ1n) is 15.5. The zero-order valence-corrected chi connectivity index (χ0v) is 27.9. The number of anilines is 4. The minimum absolute atomic E-state index is 0.0531. The van der Waals surface area contributed by atoms with Crippen molar-refractivity contribution in [1.29, 1.82) is 0 Å². The second-order valence-corrected chi connectivity index (χ2v) is 11.2. The first-order valence-corrected chi connectivity index (χ1v) is 15.5. The Labute approximate surface area is 311 Å². The van der Waals surface area contributed by atoms with Crippen molar-refractivity contribution in [3.05, 3.63) is 157 Å². The number of non-ortho nitro benzene ring substituents is 2. The van der Waals surface area contributed by atoms with Gasteiger partial charge < -0.3 is 21.3 Å². The Morgan fingerprint density at radius 3 is 1.25 bits per heavy atom. The maximum atomic E-state index is 13.5. The van der Waals surface area contributed by atoms with Gasteiger partial charge in [0.05, 0.1) is 32.3 Å². The molecule has 0 aliphatic carbocycles. The lowest BCUT2D eigenvalue weighted by Crippen LogP contribution is -2.20. The molecular weight excluding hydrogens is 752 g/mol. The average molecular weight is 774 g/mol. The van der Waals surface area contributed by atoms with Crippen LogP contribution < -0.4 is 21.3 Å². The van der Waals surface area contributed by atoms with Crippen molar-refractivity contribution in [2.75, 3.05) is 21.3 Å². The number of carbonyl (C=O) groups excluding carboxylic acids is 2. The van der Waals surface area contributed by atoms with E-state index in [2.05, 4.69) is 49.9 Å². The Balaban J connectivity index is 1.38. The van der Waals surface area contributed by atoms with Gasteiger partial charge in [-0.3, -0.25) is 20.2 Å². The molecule has 0 saturated heterocycles. The molecule has 0 fully saturated rings. The molecule has 0 unspecified atom stereocenters. The third-order valence-corrected chi connectivity index (χ3v) is 7.26. The van der Waals surface area contributed by atoms with Gasteiger partial charge in [-0.25, -0.2) is 14.6 Å². The SMILES string of the molecule is O=C(Nc1ccc([N+](=O)[O-])cc1)Nc1cc(C(F)(F)F)ccc1C#Cc1cccc(C#Cc2ccc(C(F)(F)F)cc2NC(=O)Nc2ccc([N+](=O)[O-])cc2)n1.